The van der Waals surface area contributed by atoms with Crippen LogP contribution in [0, 0.1) is 23.2 Å². The summed E-state index contributed by atoms with van der Waals surface area (Å²) in [5, 5.41) is 15.4. The fourth-order valence-electron chi connectivity index (χ4n) is 3.38. The van der Waals surface area contributed by atoms with Gasteiger partial charge in [-0.2, -0.15) is 5.26 Å². The molecule has 1 aliphatic carbocycles. The van der Waals surface area contributed by atoms with E-state index in [9.17, 15) is 4.79 Å². The topological polar surface area (TPSA) is 64.9 Å². The number of nitrogens with zero attached hydrogens (tertiary/aromatic N) is 1. The molecule has 1 heterocycles. The Bertz CT molecular complexity index is 581. The van der Waals surface area contributed by atoms with Gasteiger partial charge in [0.15, 0.2) is 0 Å². The summed E-state index contributed by atoms with van der Waals surface area (Å²) in [6, 6.07) is 6.86. The summed E-state index contributed by atoms with van der Waals surface area (Å²) in [5.41, 5.74) is 1.06. The van der Waals surface area contributed by atoms with Gasteiger partial charge in [0.1, 0.15) is 6.07 Å². The monoisotopic (exact) mass is 289 g/mol. The molecular weight excluding hydrogens is 274 g/mol. The SMILES string of the molecule is N#Cc1ccc(NC(=O)C2NCC3CCCC32)cc1Cl. The van der Waals surface area contributed by atoms with E-state index in [0.717, 1.165) is 13.0 Å². The van der Waals surface area contributed by atoms with E-state index < -0.39 is 0 Å². The third kappa shape index (κ3) is 2.39. The van der Waals surface area contributed by atoms with Crippen molar-refractivity contribution in [2.75, 3.05) is 11.9 Å². The normalized spacial score (nSPS) is 27.9. The first-order valence-corrected chi connectivity index (χ1v) is 7.31. The Morgan fingerprint density at radius 1 is 1.45 bits per heavy atom. The molecule has 2 aliphatic rings. The molecule has 0 radical (unpaired) electrons. The summed E-state index contributed by atoms with van der Waals surface area (Å²) < 4.78 is 0. The molecule has 5 heteroatoms. The fraction of sp³-hybridized carbons (Fsp3) is 0.467. The van der Waals surface area contributed by atoms with Crippen molar-refractivity contribution in [3.05, 3.63) is 28.8 Å². The predicted octanol–water partition coefficient (Wildman–Crippen LogP) is 2.54. The van der Waals surface area contributed by atoms with Crippen LogP contribution >= 0.6 is 11.6 Å². The number of nitriles is 1. The fourth-order valence-corrected chi connectivity index (χ4v) is 3.60. The molecule has 0 bridgehead atoms. The lowest BCUT2D eigenvalue weighted by Gasteiger charge is -2.17. The number of anilines is 1. The molecule has 20 heavy (non-hydrogen) atoms. The van der Waals surface area contributed by atoms with E-state index in [0.29, 0.717) is 28.1 Å². The summed E-state index contributed by atoms with van der Waals surface area (Å²) in [6.07, 6.45) is 3.58. The Kier molecular flexibility index (Phi) is 3.64. The highest BCUT2D eigenvalue weighted by Crippen LogP contribution is 2.38. The first-order valence-electron chi connectivity index (χ1n) is 6.93. The molecule has 1 aromatic rings. The van der Waals surface area contributed by atoms with Crippen molar-refractivity contribution in [1.29, 1.82) is 5.26 Å². The number of hydrogen-bond acceptors (Lipinski definition) is 3. The quantitative estimate of drug-likeness (QED) is 0.879. The van der Waals surface area contributed by atoms with Crippen LogP contribution in [0.5, 0.6) is 0 Å². The molecule has 3 atom stereocenters. The number of carbonyl (C=O) groups excluding carboxylic acids is 1. The minimum atomic E-state index is -0.100. The van der Waals surface area contributed by atoms with Crippen molar-refractivity contribution in [2.24, 2.45) is 11.8 Å². The van der Waals surface area contributed by atoms with E-state index in [1.54, 1.807) is 18.2 Å². The minimum Gasteiger partial charge on any atom is -0.325 e. The maximum Gasteiger partial charge on any atom is 0.241 e. The number of carbonyl (C=O) groups is 1. The van der Waals surface area contributed by atoms with Gasteiger partial charge >= 0.3 is 0 Å². The molecule has 2 N–H and O–H groups in total. The summed E-state index contributed by atoms with van der Waals surface area (Å²) >= 11 is 5.97. The number of fused-ring (bicyclic) bond motifs is 1. The van der Waals surface area contributed by atoms with Crippen molar-refractivity contribution in [3.63, 3.8) is 0 Å². The van der Waals surface area contributed by atoms with Gasteiger partial charge in [-0.05, 0) is 49.4 Å². The largest absolute Gasteiger partial charge is 0.325 e. The van der Waals surface area contributed by atoms with Gasteiger partial charge in [-0.3, -0.25) is 4.79 Å². The van der Waals surface area contributed by atoms with E-state index >= 15 is 0 Å². The number of rotatable bonds is 2. The Morgan fingerprint density at radius 2 is 2.30 bits per heavy atom. The lowest BCUT2D eigenvalue weighted by molar-refractivity contribution is -0.118. The Balaban J connectivity index is 1.70. The van der Waals surface area contributed by atoms with Gasteiger partial charge in [-0.25, -0.2) is 0 Å². The van der Waals surface area contributed by atoms with E-state index in [2.05, 4.69) is 10.6 Å². The number of benzene rings is 1. The van der Waals surface area contributed by atoms with Crippen LogP contribution < -0.4 is 10.6 Å². The first-order chi connectivity index (χ1) is 9.69. The van der Waals surface area contributed by atoms with Crippen molar-refractivity contribution in [1.82, 2.24) is 5.32 Å². The molecule has 104 valence electrons. The average Bonchev–Trinajstić information content (AvgIpc) is 3.00. The van der Waals surface area contributed by atoms with Crippen LogP contribution in [0.25, 0.3) is 0 Å². The molecule has 1 aliphatic heterocycles. The van der Waals surface area contributed by atoms with Crippen LogP contribution in [-0.4, -0.2) is 18.5 Å². The lowest BCUT2D eigenvalue weighted by atomic mass is 9.93. The van der Waals surface area contributed by atoms with Crippen LogP contribution in [-0.2, 0) is 4.79 Å². The predicted molar refractivity (Wildman–Crippen MR) is 77.4 cm³/mol. The van der Waals surface area contributed by atoms with E-state index in [1.807, 2.05) is 6.07 Å². The minimum absolute atomic E-state index is 0.000161. The molecule has 4 nitrogen and oxygen atoms in total. The Morgan fingerprint density at radius 3 is 3.05 bits per heavy atom. The third-order valence-electron chi connectivity index (χ3n) is 4.39. The van der Waals surface area contributed by atoms with Crippen LogP contribution in [0.4, 0.5) is 5.69 Å². The molecule has 0 aromatic heterocycles. The number of hydrogen-bond donors (Lipinski definition) is 2. The van der Waals surface area contributed by atoms with Crippen molar-refractivity contribution in [2.45, 2.75) is 25.3 Å². The van der Waals surface area contributed by atoms with Crippen LogP contribution in [0.1, 0.15) is 24.8 Å². The summed E-state index contributed by atoms with van der Waals surface area (Å²) in [4.78, 5) is 12.3. The molecule has 2 fully saturated rings. The molecule has 1 saturated carbocycles. The maximum atomic E-state index is 12.3. The van der Waals surface area contributed by atoms with Gasteiger partial charge in [-0.15, -0.1) is 0 Å². The van der Waals surface area contributed by atoms with Gasteiger partial charge in [0.2, 0.25) is 5.91 Å². The molecule has 0 spiro atoms. The molecular formula is C15H16ClN3O. The van der Waals surface area contributed by atoms with Gasteiger partial charge in [0.25, 0.3) is 0 Å². The Hall–Kier alpha value is -1.57. The number of amides is 1. The number of halogens is 1. The summed E-state index contributed by atoms with van der Waals surface area (Å²) in [7, 11) is 0. The molecule has 3 unspecified atom stereocenters. The van der Waals surface area contributed by atoms with Gasteiger partial charge in [0.05, 0.1) is 16.6 Å². The molecule has 1 amide bonds. The summed E-state index contributed by atoms with van der Waals surface area (Å²) in [6.45, 7) is 0.941. The van der Waals surface area contributed by atoms with Crippen molar-refractivity contribution >= 4 is 23.2 Å². The van der Waals surface area contributed by atoms with Crippen molar-refractivity contribution in [3.8, 4) is 6.07 Å². The van der Waals surface area contributed by atoms with Gasteiger partial charge in [0, 0.05) is 5.69 Å². The zero-order chi connectivity index (χ0) is 14.1. The summed E-state index contributed by atoms with van der Waals surface area (Å²) in [5.74, 6) is 1.11. The second kappa shape index (κ2) is 5.43. The van der Waals surface area contributed by atoms with Crippen molar-refractivity contribution < 1.29 is 4.79 Å². The standard InChI is InChI=1S/C15H16ClN3O/c16-13-6-11(5-4-9(13)7-17)19-15(20)14-12-3-1-2-10(12)8-18-14/h4-6,10,12,14,18H,1-3,8H2,(H,19,20). The smallest absolute Gasteiger partial charge is 0.241 e. The van der Waals surface area contributed by atoms with Crippen LogP contribution in [0.3, 0.4) is 0 Å². The highest BCUT2D eigenvalue weighted by atomic mass is 35.5. The van der Waals surface area contributed by atoms with E-state index in [1.165, 1.54) is 12.8 Å². The lowest BCUT2D eigenvalue weighted by Crippen LogP contribution is -2.39. The molecule has 1 saturated heterocycles. The zero-order valence-corrected chi connectivity index (χ0v) is 11.8. The second-order valence-corrected chi connectivity index (χ2v) is 5.94. The van der Waals surface area contributed by atoms with Crippen LogP contribution in [0.2, 0.25) is 5.02 Å². The van der Waals surface area contributed by atoms with E-state index in [-0.39, 0.29) is 11.9 Å². The average molecular weight is 290 g/mol. The highest BCUT2D eigenvalue weighted by molar-refractivity contribution is 6.32. The second-order valence-electron chi connectivity index (χ2n) is 5.54. The maximum absolute atomic E-state index is 12.3. The molecule has 3 rings (SSSR count). The molecule has 1 aromatic carbocycles. The Labute approximate surface area is 123 Å². The van der Waals surface area contributed by atoms with Gasteiger partial charge in [-0.1, -0.05) is 18.0 Å². The van der Waals surface area contributed by atoms with Gasteiger partial charge < -0.3 is 10.6 Å². The van der Waals surface area contributed by atoms with E-state index in [4.69, 9.17) is 16.9 Å². The van der Waals surface area contributed by atoms with Crippen LogP contribution in [0.15, 0.2) is 18.2 Å². The zero-order valence-electron chi connectivity index (χ0n) is 11.0. The number of nitrogens with one attached hydrogen (secondary N) is 2. The third-order valence-corrected chi connectivity index (χ3v) is 4.70. The first kappa shape index (κ1) is 13.4. The highest BCUT2D eigenvalue weighted by Gasteiger charge is 2.42.